The van der Waals surface area contributed by atoms with E-state index in [0.717, 1.165) is 12.0 Å². The maximum Gasteiger partial charge on any atom is 0.279 e. The number of nitrogens with zero attached hydrogens (tertiary/aromatic N) is 1. The normalized spacial score (nSPS) is 19.3. The molecule has 6 nitrogen and oxygen atoms in total. The Bertz CT molecular complexity index is 775. The molecule has 2 N–H and O–H groups in total. The second-order valence-electron chi connectivity index (χ2n) is 5.45. The molecule has 2 aromatic rings. The zero-order valence-corrected chi connectivity index (χ0v) is 12.9. The van der Waals surface area contributed by atoms with E-state index in [-0.39, 0.29) is 0 Å². The minimum atomic E-state index is -1.65. The molecule has 0 radical (unpaired) electrons. The van der Waals surface area contributed by atoms with Crippen LogP contribution in [0.2, 0.25) is 0 Å². The molecular formula is C17H17N3O3. The monoisotopic (exact) mass is 311 g/mol. The Labute approximate surface area is 133 Å². The van der Waals surface area contributed by atoms with Gasteiger partial charge in [0.25, 0.3) is 17.4 Å². The van der Waals surface area contributed by atoms with Crippen molar-refractivity contribution in [2.24, 2.45) is 0 Å². The number of nitrogens with one attached hydrogen (secondary N) is 2. The van der Waals surface area contributed by atoms with Gasteiger partial charge in [-0.15, -0.1) is 0 Å². The van der Waals surface area contributed by atoms with Gasteiger partial charge in [0, 0.05) is 11.9 Å². The number of hydrogen-bond acceptors (Lipinski definition) is 4. The van der Waals surface area contributed by atoms with Crippen molar-refractivity contribution in [3.05, 3.63) is 48.2 Å². The summed E-state index contributed by atoms with van der Waals surface area (Å²) in [6.07, 6.45) is 2.40. The number of ether oxygens (including phenoxy) is 1. The highest BCUT2D eigenvalue weighted by molar-refractivity contribution is 6.18. The summed E-state index contributed by atoms with van der Waals surface area (Å²) in [4.78, 5) is 28.9. The number of fused-ring (bicyclic) bond motifs is 1. The summed E-state index contributed by atoms with van der Waals surface area (Å²) in [5, 5.41) is 5.35. The number of hydrogen-bond donors (Lipinski definition) is 2. The van der Waals surface area contributed by atoms with Gasteiger partial charge in [-0.2, -0.15) is 0 Å². The molecule has 0 bridgehead atoms. The molecule has 0 unspecified atom stereocenters. The number of benzene rings is 1. The summed E-state index contributed by atoms with van der Waals surface area (Å²) in [7, 11) is 0. The molecule has 0 saturated heterocycles. The predicted octanol–water partition coefficient (Wildman–Crippen LogP) is 2.37. The SMILES string of the molecule is CCc1cccc(NC(=O)[C@]2(C)Oc3cccnc3NC2=O)c1. The summed E-state index contributed by atoms with van der Waals surface area (Å²) in [5.74, 6) is -0.395. The number of carbonyl (C=O) groups excluding carboxylic acids is 2. The summed E-state index contributed by atoms with van der Waals surface area (Å²) in [6, 6.07) is 10.8. The Hall–Kier alpha value is -2.89. The molecule has 1 atom stereocenters. The molecule has 23 heavy (non-hydrogen) atoms. The van der Waals surface area contributed by atoms with E-state index in [1.54, 1.807) is 24.4 Å². The second-order valence-corrected chi connectivity index (χ2v) is 5.45. The molecule has 2 amide bonds. The first kappa shape index (κ1) is 15.0. The second kappa shape index (κ2) is 5.72. The molecule has 0 saturated carbocycles. The highest BCUT2D eigenvalue weighted by Gasteiger charge is 2.47. The number of anilines is 2. The van der Waals surface area contributed by atoms with Crippen molar-refractivity contribution in [3.8, 4) is 5.75 Å². The number of amides is 2. The van der Waals surface area contributed by atoms with Crippen LogP contribution in [0.5, 0.6) is 5.75 Å². The largest absolute Gasteiger partial charge is 0.464 e. The van der Waals surface area contributed by atoms with Gasteiger partial charge in [-0.25, -0.2) is 4.98 Å². The van der Waals surface area contributed by atoms with Crippen LogP contribution in [0.1, 0.15) is 19.4 Å². The maximum absolute atomic E-state index is 12.6. The van der Waals surface area contributed by atoms with Crippen LogP contribution < -0.4 is 15.4 Å². The molecule has 1 aliphatic rings. The van der Waals surface area contributed by atoms with Crippen LogP contribution in [0.25, 0.3) is 0 Å². The van der Waals surface area contributed by atoms with Crippen molar-refractivity contribution in [1.29, 1.82) is 0 Å². The lowest BCUT2D eigenvalue weighted by molar-refractivity contribution is -0.143. The van der Waals surface area contributed by atoms with Crippen LogP contribution in [0, 0.1) is 0 Å². The first-order valence-corrected chi connectivity index (χ1v) is 7.39. The van der Waals surface area contributed by atoms with Crippen molar-refractivity contribution >= 4 is 23.3 Å². The summed E-state index contributed by atoms with van der Waals surface area (Å²) < 4.78 is 5.64. The van der Waals surface area contributed by atoms with E-state index >= 15 is 0 Å². The number of aryl methyl sites for hydroxylation is 1. The van der Waals surface area contributed by atoms with E-state index in [0.29, 0.717) is 17.3 Å². The first-order valence-electron chi connectivity index (χ1n) is 7.39. The molecule has 3 rings (SSSR count). The zero-order valence-electron chi connectivity index (χ0n) is 12.9. The molecule has 0 aliphatic carbocycles. The molecule has 2 heterocycles. The van der Waals surface area contributed by atoms with Crippen LogP contribution in [-0.2, 0) is 16.0 Å². The highest BCUT2D eigenvalue weighted by Crippen LogP contribution is 2.32. The fraction of sp³-hybridized carbons (Fsp3) is 0.235. The Kier molecular flexibility index (Phi) is 3.73. The number of pyridine rings is 1. The average molecular weight is 311 g/mol. The zero-order chi connectivity index (χ0) is 16.4. The van der Waals surface area contributed by atoms with Crippen molar-refractivity contribution in [2.45, 2.75) is 25.9 Å². The summed E-state index contributed by atoms with van der Waals surface area (Å²) in [5.41, 5.74) is 0.0681. The third kappa shape index (κ3) is 2.75. The van der Waals surface area contributed by atoms with E-state index in [4.69, 9.17) is 4.74 Å². The Morgan fingerprint density at radius 3 is 2.96 bits per heavy atom. The Morgan fingerprint density at radius 1 is 1.35 bits per heavy atom. The molecular weight excluding hydrogens is 294 g/mol. The average Bonchev–Trinajstić information content (AvgIpc) is 2.56. The van der Waals surface area contributed by atoms with Gasteiger partial charge in [0.05, 0.1) is 0 Å². The van der Waals surface area contributed by atoms with Crippen molar-refractivity contribution < 1.29 is 14.3 Å². The van der Waals surface area contributed by atoms with Crippen LogP contribution in [-0.4, -0.2) is 22.4 Å². The fourth-order valence-electron chi connectivity index (χ4n) is 2.33. The van der Waals surface area contributed by atoms with Crippen LogP contribution in [0.15, 0.2) is 42.6 Å². The molecule has 118 valence electrons. The molecule has 1 aromatic carbocycles. The van der Waals surface area contributed by atoms with Gasteiger partial charge < -0.3 is 15.4 Å². The number of carbonyl (C=O) groups is 2. The fourth-order valence-corrected chi connectivity index (χ4v) is 2.33. The van der Waals surface area contributed by atoms with E-state index in [9.17, 15) is 9.59 Å². The first-order chi connectivity index (χ1) is 11.0. The van der Waals surface area contributed by atoms with Crippen LogP contribution in [0.3, 0.4) is 0 Å². The van der Waals surface area contributed by atoms with Gasteiger partial charge in [0.1, 0.15) is 0 Å². The summed E-state index contributed by atoms with van der Waals surface area (Å²) >= 11 is 0. The quantitative estimate of drug-likeness (QED) is 0.853. The van der Waals surface area contributed by atoms with Crippen molar-refractivity contribution in [3.63, 3.8) is 0 Å². The lowest BCUT2D eigenvalue weighted by Crippen LogP contribution is -2.56. The Morgan fingerprint density at radius 2 is 2.17 bits per heavy atom. The smallest absolute Gasteiger partial charge is 0.279 e. The highest BCUT2D eigenvalue weighted by atomic mass is 16.5. The minimum Gasteiger partial charge on any atom is -0.464 e. The van der Waals surface area contributed by atoms with E-state index < -0.39 is 17.4 Å². The van der Waals surface area contributed by atoms with E-state index in [1.807, 2.05) is 25.1 Å². The lowest BCUT2D eigenvalue weighted by Gasteiger charge is -2.32. The van der Waals surface area contributed by atoms with Gasteiger partial charge in [-0.1, -0.05) is 19.1 Å². The lowest BCUT2D eigenvalue weighted by atomic mass is 10.0. The third-order valence-corrected chi connectivity index (χ3v) is 3.78. The molecule has 6 heteroatoms. The van der Waals surface area contributed by atoms with Gasteiger partial charge in [-0.05, 0) is 43.2 Å². The van der Waals surface area contributed by atoms with Crippen molar-refractivity contribution in [2.75, 3.05) is 10.6 Å². The standard InChI is InChI=1S/C17H17N3O3/c1-3-11-6-4-7-12(10-11)19-15(21)17(2)16(22)20-14-13(23-17)8-5-9-18-14/h4-10H,3H2,1-2H3,(H,19,21)(H,18,20,22)/t17-/m0/s1. The van der Waals surface area contributed by atoms with E-state index in [1.165, 1.54) is 6.92 Å². The molecule has 0 spiro atoms. The maximum atomic E-state index is 12.6. The van der Waals surface area contributed by atoms with Crippen LogP contribution >= 0.6 is 0 Å². The van der Waals surface area contributed by atoms with Crippen LogP contribution in [0.4, 0.5) is 11.5 Å². The third-order valence-electron chi connectivity index (χ3n) is 3.78. The number of rotatable bonds is 3. The van der Waals surface area contributed by atoms with Gasteiger partial charge in [0.15, 0.2) is 11.6 Å². The van der Waals surface area contributed by atoms with Gasteiger partial charge >= 0.3 is 0 Å². The van der Waals surface area contributed by atoms with E-state index in [2.05, 4.69) is 15.6 Å². The minimum absolute atomic E-state index is 0.316. The Balaban J connectivity index is 1.85. The topological polar surface area (TPSA) is 80.3 Å². The number of aromatic nitrogens is 1. The predicted molar refractivity (Wildman–Crippen MR) is 86.3 cm³/mol. The molecule has 1 aliphatic heterocycles. The van der Waals surface area contributed by atoms with Gasteiger partial charge in [0.2, 0.25) is 0 Å². The molecule has 1 aromatic heterocycles. The van der Waals surface area contributed by atoms with Crippen molar-refractivity contribution in [1.82, 2.24) is 4.98 Å². The summed E-state index contributed by atoms with van der Waals surface area (Å²) in [6.45, 7) is 3.47. The molecule has 0 fully saturated rings. The van der Waals surface area contributed by atoms with Gasteiger partial charge in [-0.3, -0.25) is 9.59 Å².